The van der Waals surface area contributed by atoms with E-state index in [-0.39, 0.29) is 0 Å². The SMILES string of the molecule is CCc1cc(Cc2cnc(C)nc2N)n(CC)n1. The van der Waals surface area contributed by atoms with Gasteiger partial charge in [0.15, 0.2) is 0 Å². The molecule has 2 aromatic heterocycles. The van der Waals surface area contributed by atoms with Gasteiger partial charge in [0, 0.05) is 30.4 Å². The molecular weight excluding hydrogens is 226 g/mol. The van der Waals surface area contributed by atoms with Gasteiger partial charge >= 0.3 is 0 Å². The van der Waals surface area contributed by atoms with Crippen molar-refractivity contribution in [2.45, 2.75) is 40.2 Å². The molecule has 0 bridgehead atoms. The lowest BCUT2D eigenvalue weighted by molar-refractivity contribution is 0.621. The van der Waals surface area contributed by atoms with Crippen molar-refractivity contribution in [1.29, 1.82) is 0 Å². The number of anilines is 1. The van der Waals surface area contributed by atoms with E-state index >= 15 is 0 Å². The quantitative estimate of drug-likeness (QED) is 0.890. The number of hydrogen-bond donors (Lipinski definition) is 1. The molecule has 5 nitrogen and oxygen atoms in total. The van der Waals surface area contributed by atoms with Gasteiger partial charge in [0.2, 0.25) is 0 Å². The number of rotatable bonds is 4. The van der Waals surface area contributed by atoms with Crippen LogP contribution in [0.25, 0.3) is 0 Å². The van der Waals surface area contributed by atoms with Gasteiger partial charge in [0.1, 0.15) is 11.6 Å². The molecule has 0 aliphatic heterocycles. The molecule has 2 N–H and O–H groups in total. The Hall–Kier alpha value is -1.91. The largest absolute Gasteiger partial charge is 0.383 e. The fourth-order valence-corrected chi connectivity index (χ4v) is 1.95. The van der Waals surface area contributed by atoms with Crippen molar-refractivity contribution in [3.8, 4) is 0 Å². The molecule has 0 amide bonds. The third-order valence-corrected chi connectivity index (χ3v) is 2.97. The number of aryl methyl sites for hydroxylation is 3. The Morgan fingerprint density at radius 2 is 2.11 bits per heavy atom. The van der Waals surface area contributed by atoms with Crippen LogP contribution in [0.3, 0.4) is 0 Å². The van der Waals surface area contributed by atoms with E-state index in [0.717, 1.165) is 36.3 Å². The number of nitrogen functional groups attached to an aromatic ring is 1. The summed E-state index contributed by atoms with van der Waals surface area (Å²) in [7, 11) is 0. The lowest BCUT2D eigenvalue weighted by Gasteiger charge is -2.06. The zero-order valence-electron chi connectivity index (χ0n) is 11.1. The molecule has 2 rings (SSSR count). The number of nitrogens with two attached hydrogens (primary N) is 1. The van der Waals surface area contributed by atoms with Gasteiger partial charge in [-0.1, -0.05) is 6.92 Å². The molecule has 0 aromatic carbocycles. The second kappa shape index (κ2) is 5.16. The van der Waals surface area contributed by atoms with E-state index in [9.17, 15) is 0 Å². The van der Waals surface area contributed by atoms with Crippen LogP contribution in [0.2, 0.25) is 0 Å². The van der Waals surface area contributed by atoms with Crippen LogP contribution >= 0.6 is 0 Å². The van der Waals surface area contributed by atoms with Gasteiger partial charge in [-0.3, -0.25) is 4.68 Å². The topological polar surface area (TPSA) is 69.6 Å². The standard InChI is InChI=1S/C13H19N5/c1-4-11-7-12(18(5-2)17-11)6-10-8-15-9(3)16-13(10)14/h7-8H,4-6H2,1-3H3,(H2,14,15,16). The molecule has 96 valence electrons. The van der Waals surface area contributed by atoms with E-state index in [0.29, 0.717) is 11.6 Å². The molecule has 0 spiro atoms. The minimum Gasteiger partial charge on any atom is -0.383 e. The maximum Gasteiger partial charge on any atom is 0.130 e. The summed E-state index contributed by atoms with van der Waals surface area (Å²) in [5, 5.41) is 4.53. The Labute approximate surface area is 107 Å². The molecule has 0 atom stereocenters. The van der Waals surface area contributed by atoms with Crippen LogP contribution in [0.15, 0.2) is 12.3 Å². The third kappa shape index (κ3) is 2.50. The van der Waals surface area contributed by atoms with Crippen LogP contribution in [0.4, 0.5) is 5.82 Å². The summed E-state index contributed by atoms with van der Waals surface area (Å²) >= 11 is 0. The Bertz CT molecular complexity index is 544. The zero-order valence-corrected chi connectivity index (χ0v) is 11.1. The molecule has 0 saturated carbocycles. The van der Waals surface area contributed by atoms with E-state index in [1.54, 1.807) is 6.20 Å². The summed E-state index contributed by atoms with van der Waals surface area (Å²) < 4.78 is 2.01. The maximum atomic E-state index is 5.92. The summed E-state index contributed by atoms with van der Waals surface area (Å²) in [6.07, 6.45) is 3.48. The summed E-state index contributed by atoms with van der Waals surface area (Å²) in [4.78, 5) is 8.39. The summed E-state index contributed by atoms with van der Waals surface area (Å²) in [5.74, 6) is 1.26. The first-order valence-corrected chi connectivity index (χ1v) is 6.27. The van der Waals surface area contributed by atoms with Crippen LogP contribution in [0.1, 0.15) is 36.6 Å². The third-order valence-electron chi connectivity index (χ3n) is 2.97. The average Bonchev–Trinajstić information content (AvgIpc) is 2.75. The van der Waals surface area contributed by atoms with Crippen molar-refractivity contribution in [1.82, 2.24) is 19.7 Å². The Morgan fingerprint density at radius 3 is 2.72 bits per heavy atom. The van der Waals surface area contributed by atoms with Crippen LogP contribution in [0.5, 0.6) is 0 Å². The van der Waals surface area contributed by atoms with Crippen LogP contribution < -0.4 is 5.73 Å². The van der Waals surface area contributed by atoms with E-state index in [2.05, 4.69) is 35.0 Å². The Kier molecular flexibility index (Phi) is 3.60. The van der Waals surface area contributed by atoms with E-state index < -0.39 is 0 Å². The van der Waals surface area contributed by atoms with E-state index in [4.69, 9.17) is 5.73 Å². The highest BCUT2D eigenvalue weighted by molar-refractivity contribution is 5.40. The number of hydrogen-bond acceptors (Lipinski definition) is 4. The van der Waals surface area contributed by atoms with Gasteiger partial charge in [-0.15, -0.1) is 0 Å². The molecule has 0 fully saturated rings. The van der Waals surface area contributed by atoms with Crippen molar-refractivity contribution in [2.24, 2.45) is 0 Å². The molecule has 0 unspecified atom stereocenters. The summed E-state index contributed by atoms with van der Waals surface area (Å²) in [5.41, 5.74) is 9.15. The lowest BCUT2D eigenvalue weighted by Crippen LogP contribution is -2.07. The van der Waals surface area contributed by atoms with Crippen LogP contribution in [-0.4, -0.2) is 19.7 Å². The highest BCUT2D eigenvalue weighted by atomic mass is 15.3. The summed E-state index contributed by atoms with van der Waals surface area (Å²) in [6, 6.07) is 2.13. The fourth-order valence-electron chi connectivity index (χ4n) is 1.95. The molecule has 18 heavy (non-hydrogen) atoms. The molecule has 0 aliphatic carbocycles. The predicted molar refractivity (Wildman–Crippen MR) is 71.3 cm³/mol. The molecule has 0 saturated heterocycles. The summed E-state index contributed by atoms with van der Waals surface area (Å²) in [6.45, 7) is 6.90. The number of nitrogens with zero attached hydrogens (tertiary/aromatic N) is 4. The van der Waals surface area contributed by atoms with Crippen molar-refractivity contribution in [3.05, 3.63) is 35.0 Å². The Balaban J connectivity index is 2.30. The van der Waals surface area contributed by atoms with E-state index in [1.165, 1.54) is 0 Å². The van der Waals surface area contributed by atoms with Gasteiger partial charge in [0.25, 0.3) is 0 Å². The first-order valence-electron chi connectivity index (χ1n) is 6.27. The predicted octanol–water partition coefficient (Wildman–Crippen LogP) is 1.74. The lowest BCUT2D eigenvalue weighted by atomic mass is 10.1. The van der Waals surface area contributed by atoms with Crippen molar-refractivity contribution < 1.29 is 0 Å². The molecule has 0 aliphatic rings. The molecule has 2 heterocycles. The van der Waals surface area contributed by atoms with Gasteiger partial charge in [-0.2, -0.15) is 5.10 Å². The minimum absolute atomic E-state index is 0.560. The van der Waals surface area contributed by atoms with Crippen molar-refractivity contribution >= 4 is 5.82 Å². The molecule has 0 radical (unpaired) electrons. The highest BCUT2D eigenvalue weighted by Gasteiger charge is 2.09. The van der Waals surface area contributed by atoms with Gasteiger partial charge in [-0.05, 0) is 26.3 Å². The number of aromatic nitrogens is 4. The highest BCUT2D eigenvalue weighted by Crippen LogP contribution is 2.15. The second-order valence-corrected chi connectivity index (χ2v) is 4.30. The van der Waals surface area contributed by atoms with Crippen LogP contribution in [0, 0.1) is 6.92 Å². The second-order valence-electron chi connectivity index (χ2n) is 4.30. The fraction of sp³-hybridized carbons (Fsp3) is 0.462. The van der Waals surface area contributed by atoms with Gasteiger partial charge < -0.3 is 5.73 Å². The van der Waals surface area contributed by atoms with Crippen molar-refractivity contribution in [2.75, 3.05) is 5.73 Å². The maximum absolute atomic E-state index is 5.92. The molecular formula is C13H19N5. The first-order chi connectivity index (χ1) is 8.63. The normalized spacial score (nSPS) is 10.8. The Morgan fingerprint density at radius 1 is 1.33 bits per heavy atom. The van der Waals surface area contributed by atoms with Crippen molar-refractivity contribution in [3.63, 3.8) is 0 Å². The minimum atomic E-state index is 0.560. The average molecular weight is 245 g/mol. The zero-order chi connectivity index (χ0) is 13.1. The smallest absolute Gasteiger partial charge is 0.130 e. The first kappa shape index (κ1) is 12.5. The molecule has 2 aromatic rings. The van der Waals surface area contributed by atoms with Gasteiger partial charge in [-0.25, -0.2) is 9.97 Å². The van der Waals surface area contributed by atoms with Crippen LogP contribution in [-0.2, 0) is 19.4 Å². The molecule has 5 heteroatoms. The van der Waals surface area contributed by atoms with E-state index in [1.807, 2.05) is 11.6 Å². The monoisotopic (exact) mass is 245 g/mol. The van der Waals surface area contributed by atoms with Gasteiger partial charge in [0.05, 0.1) is 5.69 Å².